The zero-order valence-electron chi connectivity index (χ0n) is 10.2. The molecule has 18 heavy (non-hydrogen) atoms. The summed E-state index contributed by atoms with van der Waals surface area (Å²) in [5.74, 6) is -0.950. The van der Waals surface area contributed by atoms with Crippen LogP contribution in [0.2, 0.25) is 0 Å². The van der Waals surface area contributed by atoms with Crippen molar-refractivity contribution in [2.24, 2.45) is 5.92 Å². The van der Waals surface area contributed by atoms with Crippen molar-refractivity contribution in [1.82, 2.24) is 5.32 Å². The summed E-state index contributed by atoms with van der Waals surface area (Å²) in [5.41, 5.74) is 0.802. The fourth-order valence-corrected chi connectivity index (χ4v) is 1.52. The van der Waals surface area contributed by atoms with Crippen molar-refractivity contribution in [2.75, 3.05) is 6.54 Å². The van der Waals surface area contributed by atoms with Gasteiger partial charge in [-0.15, -0.1) is 0 Å². The maximum absolute atomic E-state index is 11.6. The number of carboxylic acids is 1. The van der Waals surface area contributed by atoms with Gasteiger partial charge in [-0.05, 0) is 23.6 Å². The molecule has 0 aliphatic carbocycles. The number of hydrogen-bond acceptors (Lipinski definition) is 3. The predicted octanol–water partition coefficient (Wildman–Crippen LogP) is 1.16. The Balaban J connectivity index is 2.33. The summed E-state index contributed by atoms with van der Waals surface area (Å²) < 4.78 is 0. The van der Waals surface area contributed by atoms with Crippen molar-refractivity contribution in [3.05, 3.63) is 29.8 Å². The van der Waals surface area contributed by atoms with Crippen LogP contribution in [0.5, 0.6) is 5.75 Å². The molecule has 1 unspecified atom stereocenters. The summed E-state index contributed by atoms with van der Waals surface area (Å²) >= 11 is 0. The molecule has 1 aromatic rings. The Morgan fingerprint density at radius 2 is 1.89 bits per heavy atom. The molecular formula is C13H17NO4. The third kappa shape index (κ3) is 5.34. The van der Waals surface area contributed by atoms with Crippen LogP contribution in [0.1, 0.15) is 18.9 Å². The van der Waals surface area contributed by atoms with Gasteiger partial charge >= 0.3 is 5.97 Å². The molecule has 1 aromatic carbocycles. The molecule has 0 aliphatic heterocycles. The first-order valence-corrected chi connectivity index (χ1v) is 5.73. The van der Waals surface area contributed by atoms with Crippen LogP contribution in [-0.4, -0.2) is 28.6 Å². The Hall–Kier alpha value is -2.04. The number of benzene rings is 1. The molecule has 5 heteroatoms. The number of rotatable bonds is 6. The lowest BCUT2D eigenvalue weighted by Gasteiger charge is -2.10. The van der Waals surface area contributed by atoms with Crippen LogP contribution < -0.4 is 5.32 Å². The molecular weight excluding hydrogens is 234 g/mol. The van der Waals surface area contributed by atoms with Gasteiger partial charge in [0.1, 0.15) is 5.75 Å². The zero-order chi connectivity index (χ0) is 13.5. The van der Waals surface area contributed by atoms with Gasteiger partial charge < -0.3 is 15.5 Å². The predicted molar refractivity (Wildman–Crippen MR) is 66.2 cm³/mol. The van der Waals surface area contributed by atoms with Gasteiger partial charge in [0.2, 0.25) is 5.91 Å². The van der Waals surface area contributed by atoms with Crippen LogP contribution in [-0.2, 0) is 16.0 Å². The second-order valence-corrected chi connectivity index (χ2v) is 4.35. The van der Waals surface area contributed by atoms with Crippen molar-refractivity contribution < 1.29 is 19.8 Å². The molecule has 98 valence electrons. The molecule has 0 spiro atoms. The summed E-state index contributed by atoms with van der Waals surface area (Å²) in [6.45, 7) is 2.12. The Bertz CT molecular complexity index is 414. The van der Waals surface area contributed by atoms with E-state index in [0.29, 0.717) is 6.54 Å². The van der Waals surface area contributed by atoms with E-state index in [0.717, 1.165) is 5.56 Å². The van der Waals surface area contributed by atoms with Gasteiger partial charge in [-0.1, -0.05) is 19.1 Å². The minimum absolute atomic E-state index is 0.0412. The normalized spacial score (nSPS) is 11.8. The summed E-state index contributed by atoms with van der Waals surface area (Å²) in [6.07, 6.45) is 0.263. The number of hydrogen-bond donors (Lipinski definition) is 3. The first-order chi connectivity index (χ1) is 8.47. The van der Waals surface area contributed by atoms with Gasteiger partial charge in [-0.3, -0.25) is 9.59 Å². The Labute approximate surface area is 105 Å². The first-order valence-electron chi connectivity index (χ1n) is 5.73. The maximum atomic E-state index is 11.6. The van der Waals surface area contributed by atoms with Crippen molar-refractivity contribution in [3.63, 3.8) is 0 Å². The first kappa shape index (κ1) is 14.0. The van der Waals surface area contributed by atoms with Crippen LogP contribution >= 0.6 is 0 Å². The topological polar surface area (TPSA) is 86.6 Å². The van der Waals surface area contributed by atoms with E-state index < -0.39 is 5.97 Å². The smallest absolute Gasteiger partial charge is 0.303 e. The van der Waals surface area contributed by atoms with E-state index in [1.165, 1.54) is 12.1 Å². The molecule has 1 atom stereocenters. The number of carbonyl (C=O) groups is 2. The monoisotopic (exact) mass is 251 g/mol. The quantitative estimate of drug-likeness (QED) is 0.708. The molecule has 1 rings (SSSR count). The molecule has 0 bridgehead atoms. The number of aromatic hydroxyl groups is 1. The highest BCUT2D eigenvalue weighted by Gasteiger charge is 2.09. The fourth-order valence-electron chi connectivity index (χ4n) is 1.52. The maximum Gasteiger partial charge on any atom is 0.303 e. The SMILES string of the molecule is CC(CNC(=O)Cc1ccc(O)cc1)CC(=O)O. The highest BCUT2D eigenvalue weighted by atomic mass is 16.4. The van der Waals surface area contributed by atoms with Crippen LogP contribution in [0.4, 0.5) is 0 Å². The van der Waals surface area contributed by atoms with Gasteiger partial charge in [-0.25, -0.2) is 0 Å². The van der Waals surface area contributed by atoms with E-state index in [1.54, 1.807) is 19.1 Å². The van der Waals surface area contributed by atoms with Gasteiger partial charge in [0.05, 0.1) is 6.42 Å². The number of nitrogens with one attached hydrogen (secondary N) is 1. The van der Waals surface area contributed by atoms with Crippen LogP contribution in [0.25, 0.3) is 0 Å². The lowest BCUT2D eigenvalue weighted by atomic mass is 10.1. The summed E-state index contributed by atoms with van der Waals surface area (Å²) in [5, 5.41) is 20.4. The summed E-state index contributed by atoms with van der Waals surface area (Å²) in [7, 11) is 0. The van der Waals surface area contributed by atoms with E-state index in [9.17, 15) is 9.59 Å². The molecule has 0 fully saturated rings. The highest BCUT2D eigenvalue weighted by molar-refractivity contribution is 5.78. The minimum Gasteiger partial charge on any atom is -0.508 e. The second-order valence-electron chi connectivity index (χ2n) is 4.35. The average molecular weight is 251 g/mol. The standard InChI is InChI=1S/C13H17NO4/c1-9(6-13(17)18)8-14-12(16)7-10-2-4-11(15)5-3-10/h2-5,9,15H,6-8H2,1H3,(H,14,16)(H,17,18). The Kier molecular flexibility index (Phi) is 5.17. The summed E-state index contributed by atoms with van der Waals surface area (Å²) in [6, 6.07) is 6.40. The molecule has 3 N–H and O–H groups in total. The molecule has 0 saturated heterocycles. The molecule has 5 nitrogen and oxygen atoms in total. The molecule has 0 aliphatic rings. The molecule has 0 saturated carbocycles. The van der Waals surface area contributed by atoms with Crippen molar-refractivity contribution >= 4 is 11.9 Å². The molecule has 0 aromatic heterocycles. The Morgan fingerprint density at radius 3 is 2.44 bits per heavy atom. The third-order valence-corrected chi connectivity index (χ3v) is 2.47. The second kappa shape index (κ2) is 6.64. The van der Waals surface area contributed by atoms with Gasteiger partial charge in [-0.2, -0.15) is 0 Å². The highest BCUT2D eigenvalue weighted by Crippen LogP contribution is 2.10. The van der Waals surface area contributed by atoms with E-state index >= 15 is 0 Å². The van der Waals surface area contributed by atoms with Crippen LogP contribution in [0.15, 0.2) is 24.3 Å². The van der Waals surface area contributed by atoms with E-state index in [-0.39, 0.29) is 30.4 Å². The number of amides is 1. The van der Waals surface area contributed by atoms with Gasteiger partial charge in [0.25, 0.3) is 0 Å². The molecule has 0 radical (unpaired) electrons. The fraction of sp³-hybridized carbons (Fsp3) is 0.385. The molecule has 0 heterocycles. The van der Waals surface area contributed by atoms with Crippen LogP contribution in [0.3, 0.4) is 0 Å². The van der Waals surface area contributed by atoms with Crippen molar-refractivity contribution in [2.45, 2.75) is 19.8 Å². The van der Waals surface area contributed by atoms with E-state index in [1.807, 2.05) is 0 Å². The summed E-state index contributed by atoms with van der Waals surface area (Å²) in [4.78, 5) is 22.0. The number of carbonyl (C=O) groups excluding carboxylic acids is 1. The number of carboxylic acid groups (broad SMARTS) is 1. The minimum atomic E-state index is -0.865. The Morgan fingerprint density at radius 1 is 1.28 bits per heavy atom. The number of aliphatic carboxylic acids is 1. The van der Waals surface area contributed by atoms with Gasteiger partial charge in [0.15, 0.2) is 0 Å². The lowest BCUT2D eigenvalue weighted by Crippen LogP contribution is -2.30. The van der Waals surface area contributed by atoms with Crippen molar-refractivity contribution in [1.29, 1.82) is 0 Å². The van der Waals surface area contributed by atoms with Gasteiger partial charge in [0, 0.05) is 13.0 Å². The number of phenolic OH excluding ortho intramolecular Hbond substituents is 1. The molecule has 1 amide bonds. The van der Waals surface area contributed by atoms with Crippen molar-refractivity contribution in [3.8, 4) is 5.75 Å². The van der Waals surface area contributed by atoms with E-state index in [4.69, 9.17) is 10.2 Å². The third-order valence-electron chi connectivity index (χ3n) is 2.47. The average Bonchev–Trinajstić information content (AvgIpc) is 2.29. The number of phenols is 1. The zero-order valence-corrected chi connectivity index (χ0v) is 10.2. The largest absolute Gasteiger partial charge is 0.508 e. The van der Waals surface area contributed by atoms with E-state index in [2.05, 4.69) is 5.32 Å². The lowest BCUT2D eigenvalue weighted by molar-refractivity contribution is -0.138. The van der Waals surface area contributed by atoms with Crippen LogP contribution in [0, 0.1) is 5.92 Å².